The van der Waals surface area contributed by atoms with Crippen molar-refractivity contribution in [2.75, 3.05) is 13.2 Å². The van der Waals surface area contributed by atoms with Crippen LogP contribution in [0.1, 0.15) is 40.0 Å². The van der Waals surface area contributed by atoms with E-state index in [2.05, 4.69) is 25.8 Å². The van der Waals surface area contributed by atoms with Gasteiger partial charge in [-0.05, 0) is 36.0 Å². The molecule has 3 aliphatic carbocycles. The minimum atomic E-state index is -0.305. The van der Waals surface area contributed by atoms with Gasteiger partial charge in [0, 0.05) is 11.1 Å². The van der Waals surface area contributed by atoms with Crippen molar-refractivity contribution in [2.24, 2.45) is 27.2 Å². The highest BCUT2D eigenvalue weighted by Crippen LogP contribution is 2.89. The highest BCUT2D eigenvalue weighted by atomic mass is 16.3. The second-order valence-corrected chi connectivity index (χ2v) is 6.88. The van der Waals surface area contributed by atoms with Crippen molar-refractivity contribution < 1.29 is 10.2 Å². The van der Waals surface area contributed by atoms with Gasteiger partial charge in [-0.1, -0.05) is 20.8 Å². The maximum absolute atomic E-state index is 9.15. The second kappa shape index (κ2) is 3.12. The van der Waals surface area contributed by atoms with Gasteiger partial charge in [0.1, 0.15) is 0 Å². The van der Waals surface area contributed by atoms with Crippen LogP contribution in [0, 0.1) is 22.2 Å². The summed E-state index contributed by atoms with van der Waals surface area (Å²) < 4.78 is 0. The number of aliphatic imine (C=N–C) groups is 1. The molecule has 17 heavy (non-hydrogen) atoms. The molecule has 0 radical (unpaired) electrons. The van der Waals surface area contributed by atoms with E-state index in [1.165, 1.54) is 18.6 Å². The molecule has 3 unspecified atom stereocenters. The van der Waals surface area contributed by atoms with Crippen LogP contribution in [-0.2, 0) is 0 Å². The molecule has 2 N–H and O–H groups in total. The van der Waals surface area contributed by atoms with Crippen LogP contribution in [0.15, 0.2) is 4.99 Å². The Morgan fingerprint density at radius 1 is 1.24 bits per heavy atom. The van der Waals surface area contributed by atoms with Crippen LogP contribution in [0.2, 0.25) is 0 Å². The number of hydrogen-bond donors (Lipinski definition) is 2. The minimum Gasteiger partial charge on any atom is -0.394 e. The van der Waals surface area contributed by atoms with E-state index >= 15 is 0 Å². The average Bonchev–Trinajstić information content (AvgIpc) is 2.73. The van der Waals surface area contributed by atoms with Gasteiger partial charge in [-0.2, -0.15) is 0 Å². The first-order valence-corrected chi connectivity index (χ1v) is 6.73. The fourth-order valence-electron chi connectivity index (χ4n) is 5.13. The van der Waals surface area contributed by atoms with Crippen molar-refractivity contribution in [1.29, 1.82) is 0 Å². The van der Waals surface area contributed by atoms with E-state index in [0.717, 1.165) is 12.3 Å². The summed E-state index contributed by atoms with van der Waals surface area (Å²) in [5, 5.41) is 18.3. The summed E-state index contributed by atoms with van der Waals surface area (Å²) in [5.41, 5.74) is 2.49. The second-order valence-electron chi connectivity index (χ2n) is 6.88. The van der Waals surface area contributed by atoms with Crippen LogP contribution in [-0.4, -0.2) is 35.2 Å². The number of aliphatic hydroxyl groups is 2. The standard InChI is InChI=1S/C14H23NO2/c1-12(2)10-6-11(15-9(7-16)8-17)13(3)4-5-14(10,12)13/h9-10,16-17H,4-8H2,1-3H3/b15-11-. The highest BCUT2D eigenvalue weighted by Gasteiger charge is 2.85. The van der Waals surface area contributed by atoms with Crippen molar-refractivity contribution in [1.82, 2.24) is 0 Å². The van der Waals surface area contributed by atoms with E-state index in [1.807, 2.05) is 0 Å². The van der Waals surface area contributed by atoms with E-state index in [4.69, 9.17) is 10.2 Å². The van der Waals surface area contributed by atoms with E-state index in [0.29, 0.717) is 10.8 Å². The molecule has 3 atom stereocenters. The SMILES string of the molecule is CC12CCC13C(C/C2=N/C(CO)CO)C3(C)C. The molecule has 96 valence electrons. The molecule has 0 heterocycles. The minimum absolute atomic E-state index is 0.0445. The molecule has 0 bridgehead atoms. The summed E-state index contributed by atoms with van der Waals surface area (Å²) in [4.78, 5) is 4.62. The summed E-state index contributed by atoms with van der Waals surface area (Å²) in [6.45, 7) is 7.03. The zero-order chi connectivity index (χ0) is 12.5. The molecule has 0 aliphatic heterocycles. The Hall–Kier alpha value is -0.410. The first-order chi connectivity index (χ1) is 7.94. The summed E-state index contributed by atoms with van der Waals surface area (Å²) in [5.74, 6) is 0.783. The zero-order valence-corrected chi connectivity index (χ0v) is 11.0. The topological polar surface area (TPSA) is 52.8 Å². The van der Waals surface area contributed by atoms with E-state index in [-0.39, 0.29) is 24.7 Å². The fraction of sp³-hybridized carbons (Fsp3) is 0.929. The predicted octanol–water partition coefficient (Wildman–Crippen LogP) is 1.63. The van der Waals surface area contributed by atoms with Crippen LogP contribution >= 0.6 is 0 Å². The molecule has 0 saturated heterocycles. The van der Waals surface area contributed by atoms with E-state index < -0.39 is 0 Å². The van der Waals surface area contributed by atoms with E-state index in [9.17, 15) is 0 Å². The molecular weight excluding hydrogens is 214 g/mol. The molecule has 0 aromatic heterocycles. The molecular formula is C14H23NO2. The van der Waals surface area contributed by atoms with Gasteiger partial charge in [-0.3, -0.25) is 4.99 Å². The van der Waals surface area contributed by atoms with Crippen LogP contribution in [0.25, 0.3) is 0 Å². The van der Waals surface area contributed by atoms with Crippen LogP contribution < -0.4 is 0 Å². The van der Waals surface area contributed by atoms with Crippen molar-refractivity contribution in [3.8, 4) is 0 Å². The Kier molecular flexibility index (Phi) is 2.14. The number of hydrogen-bond acceptors (Lipinski definition) is 3. The quantitative estimate of drug-likeness (QED) is 0.784. The molecule has 3 fully saturated rings. The van der Waals surface area contributed by atoms with E-state index in [1.54, 1.807) is 0 Å². The first-order valence-electron chi connectivity index (χ1n) is 6.73. The molecule has 0 aromatic rings. The van der Waals surface area contributed by atoms with Gasteiger partial charge in [-0.25, -0.2) is 0 Å². The molecule has 3 heteroatoms. The summed E-state index contributed by atoms with van der Waals surface area (Å²) in [6, 6.07) is -0.305. The maximum atomic E-state index is 9.15. The summed E-state index contributed by atoms with van der Waals surface area (Å²) in [7, 11) is 0. The van der Waals surface area contributed by atoms with Crippen molar-refractivity contribution in [3.63, 3.8) is 0 Å². The van der Waals surface area contributed by atoms with Crippen LogP contribution in [0.4, 0.5) is 0 Å². The molecule has 0 amide bonds. The number of rotatable bonds is 3. The third-order valence-corrected chi connectivity index (χ3v) is 6.33. The lowest BCUT2D eigenvalue weighted by atomic mass is 9.55. The monoisotopic (exact) mass is 237 g/mol. The highest BCUT2D eigenvalue weighted by molar-refractivity contribution is 5.97. The number of aliphatic hydroxyl groups excluding tert-OH is 2. The van der Waals surface area contributed by atoms with Gasteiger partial charge in [0.15, 0.2) is 0 Å². The molecule has 3 saturated carbocycles. The zero-order valence-electron chi connectivity index (χ0n) is 11.0. The summed E-state index contributed by atoms with van der Waals surface area (Å²) in [6.07, 6.45) is 3.65. The third kappa shape index (κ3) is 1.04. The van der Waals surface area contributed by atoms with Gasteiger partial charge in [0.05, 0.1) is 19.3 Å². The molecule has 3 aliphatic rings. The molecule has 3 nitrogen and oxygen atoms in total. The van der Waals surface area contributed by atoms with Gasteiger partial charge >= 0.3 is 0 Å². The van der Waals surface area contributed by atoms with Gasteiger partial charge < -0.3 is 10.2 Å². The largest absolute Gasteiger partial charge is 0.394 e. The third-order valence-electron chi connectivity index (χ3n) is 6.33. The lowest BCUT2D eigenvalue weighted by molar-refractivity contribution is 0.0658. The van der Waals surface area contributed by atoms with Crippen molar-refractivity contribution >= 4 is 5.71 Å². The van der Waals surface area contributed by atoms with Crippen LogP contribution in [0.5, 0.6) is 0 Å². The maximum Gasteiger partial charge on any atom is 0.0960 e. The number of nitrogens with zero attached hydrogens (tertiary/aromatic N) is 1. The smallest absolute Gasteiger partial charge is 0.0960 e. The average molecular weight is 237 g/mol. The Labute approximate surface area is 103 Å². The normalized spacial score (nSPS) is 47.9. The predicted molar refractivity (Wildman–Crippen MR) is 67.1 cm³/mol. The molecule has 3 rings (SSSR count). The fourth-order valence-corrected chi connectivity index (χ4v) is 5.13. The molecule has 1 spiro atoms. The van der Waals surface area contributed by atoms with Crippen LogP contribution in [0.3, 0.4) is 0 Å². The Morgan fingerprint density at radius 2 is 1.88 bits per heavy atom. The summed E-state index contributed by atoms with van der Waals surface area (Å²) >= 11 is 0. The van der Waals surface area contributed by atoms with Crippen molar-refractivity contribution in [3.05, 3.63) is 0 Å². The Balaban J connectivity index is 1.89. The molecule has 0 aromatic carbocycles. The lowest BCUT2D eigenvalue weighted by Gasteiger charge is -2.49. The van der Waals surface area contributed by atoms with Gasteiger partial charge in [-0.15, -0.1) is 0 Å². The van der Waals surface area contributed by atoms with Crippen molar-refractivity contribution in [2.45, 2.75) is 46.1 Å². The van der Waals surface area contributed by atoms with Gasteiger partial charge in [0.25, 0.3) is 0 Å². The Morgan fingerprint density at radius 3 is 2.29 bits per heavy atom. The lowest BCUT2D eigenvalue weighted by Crippen LogP contribution is -2.46. The first kappa shape index (κ1) is 11.7. The Bertz CT molecular complexity index is 386. The van der Waals surface area contributed by atoms with Gasteiger partial charge in [0.2, 0.25) is 0 Å².